The lowest BCUT2D eigenvalue weighted by molar-refractivity contribution is -0.115. The van der Waals surface area contributed by atoms with Crippen LogP contribution in [0.1, 0.15) is 6.92 Å². The number of nitrogens with zero attached hydrogens (tertiary/aromatic N) is 2. The molecule has 1 aromatic heterocycles. The molecule has 2 aromatic rings. The first kappa shape index (κ1) is 19.4. The van der Waals surface area contributed by atoms with Crippen LogP contribution in [-0.4, -0.2) is 36.3 Å². The van der Waals surface area contributed by atoms with Crippen molar-refractivity contribution in [3.8, 4) is 0 Å². The fourth-order valence-corrected chi connectivity index (χ4v) is 4.08. The van der Waals surface area contributed by atoms with E-state index in [1.165, 1.54) is 47.4 Å². The number of hydrogen-bond acceptors (Lipinski definition) is 8. The van der Waals surface area contributed by atoms with Crippen molar-refractivity contribution in [2.45, 2.75) is 21.4 Å². The van der Waals surface area contributed by atoms with E-state index in [-0.39, 0.29) is 10.8 Å². The molecule has 0 fully saturated rings. The maximum atomic E-state index is 12.2. The van der Waals surface area contributed by atoms with Crippen molar-refractivity contribution in [3.63, 3.8) is 0 Å². The molecular weight excluding hydrogens is 382 g/mol. The van der Waals surface area contributed by atoms with E-state index in [1.54, 1.807) is 13.0 Å². The van der Waals surface area contributed by atoms with Gasteiger partial charge in [-0.25, -0.2) is 13.6 Å². The molecule has 1 atom stereocenters. The van der Waals surface area contributed by atoms with Gasteiger partial charge in [0, 0.05) is 12.2 Å². The summed E-state index contributed by atoms with van der Waals surface area (Å²) in [7, 11) is -3.75. The number of nitrogens with one attached hydrogen (secondary N) is 2. The number of aromatic nitrogens is 2. The van der Waals surface area contributed by atoms with Crippen molar-refractivity contribution >= 4 is 49.8 Å². The van der Waals surface area contributed by atoms with Crippen LogP contribution in [0.4, 0.5) is 10.8 Å². The minimum absolute atomic E-state index is 0.0127. The summed E-state index contributed by atoms with van der Waals surface area (Å²) in [5, 5.41) is 19.0. The van der Waals surface area contributed by atoms with Gasteiger partial charge in [0.1, 0.15) is 0 Å². The second kappa shape index (κ2) is 8.43. The molecule has 134 valence electrons. The molecule has 0 aliphatic carbocycles. The smallest absolute Gasteiger partial charge is 0.238 e. The molecule has 0 radical (unpaired) electrons. The SMILES string of the molecule is C=CCNc1nnc(SC(C)C(=O)Nc2ccc(S(N)(=O)=O)cc2)s1. The molecule has 11 heteroatoms. The van der Waals surface area contributed by atoms with Crippen LogP contribution in [0.3, 0.4) is 0 Å². The Hall–Kier alpha value is -1.95. The van der Waals surface area contributed by atoms with E-state index >= 15 is 0 Å². The quantitative estimate of drug-likeness (QED) is 0.457. The van der Waals surface area contributed by atoms with E-state index in [0.29, 0.717) is 21.7 Å². The Morgan fingerprint density at radius 2 is 2.08 bits per heavy atom. The van der Waals surface area contributed by atoms with E-state index in [2.05, 4.69) is 27.4 Å². The predicted molar refractivity (Wildman–Crippen MR) is 100 cm³/mol. The van der Waals surface area contributed by atoms with E-state index in [4.69, 9.17) is 5.14 Å². The fourth-order valence-electron chi connectivity index (χ4n) is 1.66. The summed E-state index contributed by atoms with van der Waals surface area (Å²) in [5.74, 6) is -0.232. The van der Waals surface area contributed by atoms with Gasteiger partial charge in [-0.05, 0) is 31.2 Å². The molecule has 0 aliphatic rings. The Morgan fingerprint density at radius 3 is 2.68 bits per heavy atom. The van der Waals surface area contributed by atoms with Gasteiger partial charge in [-0.3, -0.25) is 4.79 Å². The van der Waals surface area contributed by atoms with Gasteiger partial charge in [0.2, 0.25) is 21.1 Å². The summed E-state index contributed by atoms with van der Waals surface area (Å²) in [5.41, 5.74) is 0.482. The van der Waals surface area contributed by atoms with Crippen molar-refractivity contribution in [3.05, 3.63) is 36.9 Å². The van der Waals surface area contributed by atoms with Gasteiger partial charge in [0.05, 0.1) is 10.1 Å². The second-order valence-corrected chi connectivity index (χ2v) is 8.99. The Labute approximate surface area is 154 Å². The standard InChI is InChI=1S/C14H17N5O3S3/c1-3-8-16-13-18-19-14(24-13)23-9(2)12(20)17-10-4-6-11(7-5-10)25(15,21)22/h3-7,9H,1,8H2,2H3,(H,16,18)(H,17,20)(H2,15,21,22). The molecule has 0 bridgehead atoms. The van der Waals surface area contributed by atoms with Crippen molar-refractivity contribution < 1.29 is 13.2 Å². The Balaban J connectivity index is 1.93. The van der Waals surface area contributed by atoms with Crippen LogP contribution in [0.2, 0.25) is 0 Å². The average molecular weight is 400 g/mol. The Kier molecular flexibility index (Phi) is 6.53. The third-order valence-electron chi connectivity index (χ3n) is 2.90. The molecule has 1 aromatic carbocycles. The summed E-state index contributed by atoms with van der Waals surface area (Å²) in [6, 6.07) is 5.64. The highest BCUT2D eigenvalue weighted by Gasteiger charge is 2.17. The van der Waals surface area contributed by atoms with Gasteiger partial charge in [-0.2, -0.15) is 0 Å². The lowest BCUT2D eigenvalue weighted by Crippen LogP contribution is -2.22. The number of primary sulfonamides is 1. The van der Waals surface area contributed by atoms with Crippen LogP contribution in [0.5, 0.6) is 0 Å². The van der Waals surface area contributed by atoms with Crippen LogP contribution < -0.4 is 15.8 Å². The van der Waals surface area contributed by atoms with Gasteiger partial charge in [0.25, 0.3) is 0 Å². The summed E-state index contributed by atoms with van der Waals surface area (Å²) >= 11 is 2.63. The number of carbonyl (C=O) groups excluding carboxylic acids is 1. The number of hydrogen-bond donors (Lipinski definition) is 3. The second-order valence-electron chi connectivity index (χ2n) is 4.86. The monoisotopic (exact) mass is 399 g/mol. The van der Waals surface area contributed by atoms with Crippen molar-refractivity contribution in [2.75, 3.05) is 17.2 Å². The molecule has 1 heterocycles. The van der Waals surface area contributed by atoms with E-state index in [9.17, 15) is 13.2 Å². The molecule has 0 aliphatic heterocycles. The van der Waals surface area contributed by atoms with Crippen LogP contribution in [0.15, 0.2) is 46.2 Å². The van der Waals surface area contributed by atoms with E-state index < -0.39 is 15.3 Å². The number of thioether (sulfide) groups is 1. The van der Waals surface area contributed by atoms with Crippen molar-refractivity contribution in [1.29, 1.82) is 0 Å². The highest BCUT2D eigenvalue weighted by atomic mass is 32.2. The van der Waals surface area contributed by atoms with E-state index in [0.717, 1.165) is 0 Å². The number of sulfonamides is 1. The number of nitrogens with two attached hydrogens (primary N) is 1. The van der Waals surface area contributed by atoms with Gasteiger partial charge in [-0.15, -0.1) is 16.8 Å². The highest BCUT2D eigenvalue weighted by Crippen LogP contribution is 2.29. The van der Waals surface area contributed by atoms with Crippen LogP contribution in [0, 0.1) is 0 Å². The normalized spacial score (nSPS) is 12.4. The van der Waals surface area contributed by atoms with Gasteiger partial charge in [0.15, 0.2) is 4.34 Å². The van der Waals surface area contributed by atoms with Crippen molar-refractivity contribution in [2.24, 2.45) is 5.14 Å². The lowest BCUT2D eigenvalue weighted by atomic mass is 10.3. The molecule has 8 nitrogen and oxygen atoms in total. The maximum Gasteiger partial charge on any atom is 0.238 e. The number of amides is 1. The molecule has 2 rings (SSSR count). The summed E-state index contributed by atoms with van der Waals surface area (Å²) in [6.45, 7) is 5.94. The van der Waals surface area contributed by atoms with Crippen LogP contribution in [-0.2, 0) is 14.8 Å². The third kappa shape index (κ3) is 5.81. The van der Waals surface area contributed by atoms with Gasteiger partial charge < -0.3 is 10.6 Å². The average Bonchev–Trinajstić information content (AvgIpc) is 3.00. The highest BCUT2D eigenvalue weighted by molar-refractivity contribution is 8.02. The molecule has 0 spiro atoms. The Morgan fingerprint density at radius 1 is 1.40 bits per heavy atom. The third-order valence-corrected chi connectivity index (χ3v) is 5.90. The molecule has 1 amide bonds. The zero-order valence-electron chi connectivity index (χ0n) is 13.3. The van der Waals surface area contributed by atoms with Crippen molar-refractivity contribution in [1.82, 2.24) is 10.2 Å². The Bertz CT molecular complexity index is 849. The molecule has 25 heavy (non-hydrogen) atoms. The molecule has 0 saturated carbocycles. The molecular formula is C14H17N5O3S3. The zero-order valence-corrected chi connectivity index (χ0v) is 15.7. The summed E-state index contributed by atoms with van der Waals surface area (Å²) in [4.78, 5) is 12.2. The fraction of sp³-hybridized carbons (Fsp3) is 0.214. The number of benzene rings is 1. The largest absolute Gasteiger partial charge is 0.357 e. The lowest BCUT2D eigenvalue weighted by Gasteiger charge is -2.10. The first-order chi connectivity index (χ1) is 11.8. The minimum atomic E-state index is -3.75. The maximum absolute atomic E-state index is 12.2. The predicted octanol–water partition coefficient (Wildman–Crippen LogP) is 1.90. The van der Waals surface area contributed by atoms with E-state index in [1.807, 2.05) is 0 Å². The zero-order chi connectivity index (χ0) is 18.4. The van der Waals surface area contributed by atoms with Crippen LogP contribution in [0.25, 0.3) is 0 Å². The topological polar surface area (TPSA) is 127 Å². The minimum Gasteiger partial charge on any atom is -0.357 e. The molecule has 4 N–H and O–H groups in total. The first-order valence-corrected chi connectivity index (χ1v) is 10.3. The molecule has 1 unspecified atom stereocenters. The summed E-state index contributed by atoms with van der Waals surface area (Å²) < 4.78 is 23.1. The summed E-state index contributed by atoms with van der Waals surface area (Å²) in [6.07, 6.45) is 1.71. The first-order valence-electron chi connectivity index (χ1n) is 7.08. The number of rotatable bonds is 8. The van der Waals surface area contributed by atoms with Gasteiger partial charge in [-0.1, -0.05) is 29.2 Å². The number of anilines is 2. The molecule has 0 saturated heterocycles. The van der Waals surface area contributed by atoms with Crippen LogP contribution >= 0.6 is 23.1 Å². The van der Waals surface area contributed by atoms with Gasteiger partial charge >= 0.3 is 0 Å². The number of carbonyl (C=O) groups is 1.